The molecule has 1 atom stereocenters. The lowest BCUT2D eigenvalue weighted by molar-refractivity contribution is -0.141. The van der Waals surface area contributed by atoms with Crippen LogP contribution in [0.5, 0.6) is 0 Å². The second kappa shape index (κ2) is 5.21. The zero-order valence-corrected chi connectivity index (χ0v) is 11.6. The van der Waals surface area contributed by atoms with Gasteiger partial charge >= 0.3 is 5.97 Å². The summed E-state index contributed by atoms with van der Waals surface area (Å²) < 4.78 is 13.8. The summed E-state index contributed by atoms with van der Waals surface area (Å²) in [7, 11) is 0. The van der Waals surface area contributed by atoms with Crippen LogP contribution in [0.25, 0.3) is 0 Å². The number of carbonyl (C=O) groups is 2. The van der Waals surface area contributed by atoms with E-state index in [0.717, 1.165) is 0 Å². The minimum absolute atomic E-state index is 0.195. The molecule has 6 heteroatoms. The van der Waals surface area contributed by atoms with Gasteiger partial charge in [-0.2, -0.15) is 0 Å². The second-order valence-corrected chi connectivity index (χ2v) is 5.36. The summed E-state index contributed by atoms with van der Waals surface area (Å²) in [5.74, 6) is -2.17. The molecule has 0 bridgehead atoms. The predicted octanol–water partition coefficient (Wildman–Crippen LogP) is 1.98. The van der Waals surface area contributed by atoms with E-state index in [1.807, 2.05) is 22.6 Å². The van der Waals surface area contributed by atoms with Crippen LogP contribution in [0.15, 0.2) is 18.2 Å². The first-order valence-corrected chi connectivity index (χ1v) is 6.54. The fourth-order valence-corrected chi connectivity index (χ4v) is 2.54. The maximum atomic E-state index is 13.1. The summed E-state index contributed by atoms with van der Waals surface area (Å²) in [6.07, 6.45) is 0.451. The van der Waals surface area contributed by atoms with E-state index in [-0.39, 0.29) is 12.5 Å². The summed E-state index contributed by atoms with van der Waals surface area (Å²) in [4.78, 5) is 24.4. The number of carboxylic acid groups (broad SMARTS) is 1. The van der Waals surface area contributed by atoms with Crippen molar-refractivity contribution in [2.75, 3.05) is 13.1 Å². The molecule has 1 aromatic rings. The van der Waals surface area contributed by atoms with Crippen LogP contribution >= 0.6 is 22.6 Å². The summed E-state index contributed by atoms with van der Waals surface area (Å²) in [5.41, 5.74) is 0.293. The third kappa shape index (κ3) is 2.63. The van der Waals surface area contributed by atoms with E-state index < -0.39 is 17.7 Å². The predicted molar refractivity (Wildman–Crippen MR) is 70.8 cm³/mol. The molecule has 1 N–H and O–H groups in total. The maximum absolute atomic E-state index is 13.1. The van der Waals surface area contributed by atoms with E-state index in [9.17, 15) is 14.0 Å². The molecule has 18 heavy (non-hydrogen) atoms. The summed E-state index contributed by atoms with van der Waals surface area (Å²) in [6, 6.07) is 4.02. The first-order chi connectivity index (χ1) is 8.49. The zero-order chi connectivity index (χ0) is 13.3. The standard InChI is InChI=1S/C12H11FINO3/c13-8-1-2-10(14)9(5-8)11(16)15-4-3-7(6-15)12(17)18/h1-2,5,7H,3-4,6H2,(H,17,18). The molecule has 1 saturated heterocycles. The molecule has 0 radical (unpaired) electrons. The Labute approximate surface area is 117 Å². The Morgan fingerprint density at radius 3 is 2.78 bits per heavy atom. The van der Waals surface area contributed by atoms with E-state index >= 15 is 0 Å². The number of amides is 1. The molecule has 0 aliphatic carbocycles. The average Bonchev–Trinajstić information content (AvgIpc) is 2.81. The van der Waals surface area contributed by atoms with Gasteiger partial charge in [0, 0.05) is 16.7 Å². The SMILES string of the molecule is O=C(O)C1CCN(C(=O)c2cc(F)ccc2I)C1. The minimum atomic E-state index is -0.890. The molecule has 1 aliphatic rings. The first kappa shape index (κ1) is 13.3. The van der Waals surface area contributed by atoms with Crippen LogP contribution in [-0.2, 0) is 4.79 Å². The van der Waals surface area contributed by atoms with Crippen LogP contribution in [0.1, 0.15) is 16.8 Å². The third-order valence-corrected chi connectivity index (χ3v) is 3.92. The van der Waals surface area contributed by atoms with E-state index in [2.05, 4.69) is 0 Å². The minimum Gasteiger partial charge on any atom is -0.481 e. The molecular formula is C12H11FINO3. The number of rotatable bonds is 2. The molecule has 96 valence electrons. The van der Waals surface area contributed by atoms with Crippen molar-refractivity contribution >= 4 is 34.5 Å². The van der Waals surface area contributed by atoms with Gasteiger partial charge in [0.2, 0.25) is 0 Å². The summed E-state index contributed by atoms with van der Waals surface area (Å²) in [6.45, 7) is 0.600. The highest BCUT2D eigenvalue weighted by Gasteiger charge is 2.31. The van der Waals surface area contributed by atoms with Gasteiger partial charge in [0.25, 0.3) is 5.91 Å². The quantitative estimate of drug-likeness (QED) is 0.818. The van der Waals surface area contributed by atoms with Crippen LogP contribution < -0.4 is 0 Å². The monoisotopic (exact) mass is 363 g/mol. The molecule has 1 aromatic carbocycles. The smallest absolute Gasteiger partial charge is 0.308 e. The Morgan fingerprint density at radius 1 is 1.44 bits per heavy atom. The van der Waals surface area contributed by atoms with Gasteiger partial charge in [0.1, 0.15) is 5.82 Å². The zero-order valence-electron chi connectivity index (χ0n) is 9.40. The highest BCUT2D eigenvalue weighted by Crippen LogP contribution is 2.22. The van der Waals surface area contributed by atoms with E-state index in [1.165, 1.54) is 23.1 Å². The van der Waals surface area contributed by atoms with Gasteiger partial charge in [0.15, 0.2) is 0 Å². The van der Waals surface area contributed by atoms with Crippen LogP contribution in [-0.4, -0.2) is 35.0 Å². The topological polar surface area (TPSA) is 57.6 Å². The van der Waals surface area contributed by atoms with Gasteiger partial charge in [-0.25, -0.2) is 4.39 Å². The number of benzene rings is 1. The molecule has 1 amide bonds. The van der Waals surface area contributed by atoms with Crippen molar-refractivity contribution in [1.82, 2.24) is 4.90 Å². The van der Waals surface area contributed by atoms with Gasteiger partial charge < -0.3 is 10.0 Å². The molecule has 2 rings (SSSR count). The van der Waals surface area contributed by atoms with Crippen LogP contribution in [0, 0.1) is 15.3 Å². The number of nitrogens with zero attached hydrogens (tertiary/aromatic N) is 1. The number of aliphatic carboxylic acids is 1. The molecule has 1 unspecified atom stereocenters. The van der Waals surface area contributed by atoms with Gasteiger partial charge in [-0.1, -0.05) is 0 Å². The van der Waals surface area contributed by atoms with Crippen LogP contribution in [0.4, 0.5) is 4.39 Å². The normalized spacial score (nSPS) is 19.0. The van der Waals surface area contributed by atoms with Crippen molar-refractivity contribution in [2.24, 2.45) is 5.92 Å². The van der Waals surface area contributed by atoms with Crippen LogP contribution in [0.2, 0.25) is 0 Å². The largest absolute Gasteiger partial charge is 0.481 e. The Bertz CT molecular complexity index is 506. The van der Waals surface area contributed by atoms with E-state index in [0.29, 0.717) is 22.1 Å². The lowest BCUT2D eigenvalue weighted by Crippen LogP contribution is -2.30. The second-order valence-electron chi connectivity index (χ2n) is 4.20. The average molecular weight is 363 g/mol. The van der Waals surface area contributed by atoms with Crippen molar-refractivity contribution in [2.45, 2.75) is 6.42 Å². The highest BCUT2D eigenvalue weighted by molar-refractivity contribution is 14.1. The Balaban J connectivity index is 2.17. The maximum Gasteiger partial charge on any atom is 0.308 e. The number of carbonyl (C=O) groups excluding carboxylic acids is 1. The molecular weight excluding hydrogens is 352 g/mol. The Hall–Kier alpha value is -1.18. The highest BCUT2D eigenvalue weighted by atomic mass is 127. The molecule has 4 nitrogen and oxygen atoms in total. The molecule has 0 aromatic heterocycles. The van der Waals surface area contributed by atoms with Crippen molar-refractivity contribution in [3.05, 3.63) is 33.1 Å². The van der Waals surface area contributed by atoms with Gasteiger partial charge in [-0.05, 0) is 47.2 Å². The molecule has 0 spiro atoms. The van der Waals surface area contributed by atoms with Gasteiger partial charge in [0.05, 0.1) is 11.5 Å². The van der Waals surface area contributed by atoms with Crippen molar-refractivity contribution in [1.29, 1.82) is 0 Å². The lowest BCUT2D eigenvalue weighted by atomic mass is 10.1. The van der Waals surface area contributed by atoms with E-state index in [1.54, 1.807) is 0 Å². The Kier molecular flexibility index (Phi) is 3.84. The molecule has 1 fully saturated rings. The number of carboxylic acids is 1. The van der Waals surface area contributed by atoms with Gasteiger partial charge in [-0.15, -0.1) is 0 Å². The summed E-state index contributed by atoms with van der Waals surface area (Å²) >= 11 is 1.97. The fourth-order valence-electron chi connectivity index (χ4n) is 1.98. The van der Waals surface area contributed by atoms with Crippen molar-refractivity contribution < 1.29 is 19.1 Å². The summed E-state index contributed by atoms with van der Waals surface area (Å²) in [5, 5.41) is 8.88. The van der Waals surface area contributed by atoms with Crippen LogP contribution in [0.3, 0.4) is 0 Å². The van der Waals surface area contributed by atoms with Gasteiger partial charge in [-0.3, -0.25) is 9.59 Å². The van der Waals surface area contributed by atoms with Crippen molar-refractivity contribution in [3.63, 3.8) is 0 Å². The number of hydrogen-bond acceptors (Lipinski definition) is 2. The number of halogens is 2. The lowest BCUT2D eigenvalue weighted by Gasteiger charge is -2.16. The van der Waals surface area contributed by atoms with E-state index in [4.69, 9.17) is 5.11 Å². The Morgan fingerprint density at radius 2 is 2.17 bits per heavy atom. The molecule has 0 saturated carbocycles. The molecule has 1 aliphatic heterocycles. The third-order valence-electron chi connectivity index (χ3n) is 2.98. The van der Waals surface area contributed by atoms with Crippen molar-refractivity contribution in [3.8, 4) is 0 Å². The fraction of sp³-hybridized carbons (Fsp3) is 0.333. The first-order valence-electron chi connectivity index (χ1n) is 5.46. The molecule has 1 heterocycles. The number of hydrogen-bond donors (Lipinski definition) is 1. The number of likely N-dealkylation sites (tertiary alicyclic amines) is 1.